The van der Waals surface area contributed by atoms with Crippen molar-refractivity contribution in [2.45, 2.75) is 30.7 Å². The molecule has 1 aliphatic heterocycles. The zero-order chi connectivity index (χ0) is 20.5. The van der Waals surface area contributed by atoms with Crippen molar-refractivity contribution >= 4 is 33.4 Å². The van der Waals surface area contributed by atoms with Crippen LogP contribution >= 0.6 is 0 Å². The van der Waals surface area contributed by atoms with Crippen LogP contribution in [0.3, 0.4) is 0 Å². The fraction of sp³-hybridized carbons (Fsp3) is 0.211. The highest BCUT2D eigenvalue weighted by Crippen LogP contribution is 2.28. The molecule has 8 nitrogen and oxygen atoms in total. The van der Waals surface area contributed by atoms with Gasteiger partial charge in [-0.1, -0.05) is 29.8 Å². The predicted molar refractivity (Wildman–Crippen MR) is 102 cm³/mol. The lowest BCUT2D eigenvalue weighted by Gasteiger charge is -2.24. The summed E-state index contributed by atoms with van der Waals surface area (Å²) in [4.78, 5) is 36.5. The van der Waals surface area contributed by atoms with Crippen molar-refractivity contribution in [2.75, 3.05) is 5.32 Å². The van der Waals surface area contributed by atoms with E-state index in [0.29, 0.717) is 4.31 Å². The number of carbonyl (C=O) groups is 3. The van der Waals surface area contributed by atoms with Gasteiger partial charge in [-0.15, -0.1) is 0 Å². The van der Waals surface area contributed by atoms with Gasteiger partial charge >= 0.3 is 0 Å². The number of sulfonamides is 1. The second-order valence-electron chi connectivity index (χ2n) is 6.46. The standard InChI is InChI=1S/C19H19N3O5S/c1-12-6-8-13(9-7-12)28(26,27)22-16(10-11-17(22)23)19(25)21-15-5-3-2-4-14(15)18(20)24/h2-9,16H,10-11H2,1H3,(H2,20,24)(H,21,25). The van der Waals surface area contributed by atoms with Crippen LogP contribution in [0.25, 0.3) is 0 Å². The molecule has 1 fully saturated rings. The number of nitrogens with two attached hydrogens (primary N) is 1. The molecule has 1 heterocycles. The van der Waals surface area contributed by atoms with E-state index in [1.807, 2.05) is 6.92 Å². The van der Waals surface area contributed by atoms with Gasteiger partial charge in [0, 0.05) is 6.42 Å². The Morgan fingerprint density at radius 3 is 2.39 bits per heavy atom. The van der Waals surface area contributed by atoms with Crippen molar-refractivity contribution in [3.63, 3.8) is 0 Å². The van der Waals surface area contributed by atoms with Crippen LogP contribution in [0.15, 0.2) is 53.4 Å². The molecule has 3 N–H and O–H groups in total. The van der Waals surface area contributed by atoms with Crippen LogP contribution in [0.1, 0.15) is 28.8 Å². The number of para-hydroxylation sites is 1. The van der Waals surface area contributed by atoms with Crippen molar-refractivity contribution in [3.8, 4) is 0 Å². The lowest BCUT2D eigenvalue weighted by Crippen LogP contribution is -2.45. The highest BCUT2D eigenvalue weighted by atomic mass is 32.2. The molecule has 0 radical (unpaired) electrons. The van der Waals surface area contributed by atoms with Gasteiger partial charge in [0.2, 0.25) is 11.8 Å². The number of hydrogen-bond donors (Lipinski definition) is 2. The van der Waals surface area contributed by atoms with E-state index >= 15 is 0 Å². The molecule has 2 aromatic carbocycles. The molecular weight excluding hydrogens is 382 g/mol. The average molecular weight is 401 g/mol. The SMILES string of the molecule is Cc1ccc(S(=O)(=O)N2C(=O)CCC2C(=O)Nc2ccccc2C(N)=O)cc1. The number of rotatable bonds is 5. The lowest BCUT2D eigenvalue weighted by atomic mass is 10.1. The van der Waals surface area contributed by atoms with E-state index in [9.17, 15) is 22.8 Å². The number of amides is 3. The summed E-state index contributed by atoms with van der Waals surface area (Å²) < 4.78 is 26.5. The van der Waals surface area contributed by atoms with Crippen LogP contribution < -0.4 is 11.1 Å². The maximum Gasteiger partial charge on any atom is 0.267 e. The summed E-state index contributed by atoms with van der Waals surface area (Å²) in [7, 11) is -4.19. The Hall–Kier alpha value is -3.20. The van der Waals surface area contributed by atoms with Gasteiger partial charge in [-0.05, 0) is 37.6 Å². The Balaban J connectivity index is 1.91. The summed E-state index contributed by atoms with van der Waals surface area (Å²) in [6, 6.07) is 10.9. The van der Waals surface area contributed by atoms with E-state index in [1.54, 1.807) is 24.3 Å². The van der Waals surface area contributed by atoms with E-state index in [-0.39, 0.29) is 29.0 Å². The van der Waals surface area contributed by atoms with Crippen LogP contribution in [-0.2, 0) is 19.6 Å². The number of benzene rings is 2. The summed E-state index contributed by atoms with van der Waals surface area (Å²) in [5, 5.41) is 2.52. The topological polar surface area (TPSA) is 127 Å². The molecule has 0 bridgehead atoms. The Morgan fingerprint density at radius 1 is 1.11 bits per heavy atom. The molecule has 1 saturated heterocycles. The van der Waals surface area contributed by atoms with Gasteiger partial charge in [-0.3, -0.25) is 14.4 Å². The van der Waals surface area contributed by atoms with Crippen molar-refractivity contribution in [3.05, 3.63) is 59.7 Å². The van der Waals surface area contributed by atoms with E-state index in [2.05, 4.69) is 5.32 Å². The summed E-state index contributed by atoms with van der Waals surface area (Å²) in [6.45, 7) is 1.81. The molecule has 0 aliphatic carbocycles. The van der Waals surface area contributed by atoms with Gasteiger partial charge in [0.1, 0.15) is 6.04 Å². The molecule has 0 saturated carbocycles. The molecule has 0 aromatic heterocycles. The normalized spacial score (nSPS) is 16.8. The first kappa shape index (κ1) is 19.6. The summed E-state index contributed by atoms with van der Waals surface area (Å²) in [5.41, 5.74) is 6.41. The fourth-order valence-electron chi connectivity index (χ4n) is 3.05. The zero-order valence-electron chi connectivity index (χ0n) is 15.1. The molecule has 9 heteroatoms. The van der Waals surface area contributed by atoms with E-state index < -0.39 is 33.8 Å². The van der Waals surface area contributed by atoms with Crippen molar-refractivity contribution < 1.29 is 22.8 Å². The van der Waals surface area contributed by atoms with E-state index in [1.165, 1.54) is 24.3 Å². The Labute approximate surface area is 162 Å². The number of primary amides is 1. The van der Waals surface area contributed by atoms with Gasteiger partial charge in [-0.2, -0.15) is 0 Å². The van der Waals surface area contributed by atoms with Gasteiger partial charge < -0.3 is 11.1 Å². The monoisotopic (exact) mass is 401 g/mol. The Bertz CT molecular complexity index is 1050. The van der Waals surface area contributed by atoms with Crippen LogP contribution in [-0.4, -0.2) is 36.5 Å². The minimum absolute atomic E-state index is 0.0501. The van der Waals surface area contributed by atoms with Gasteiger partial charge in [0.15, 0.2) is 0 Å². The van der Waals surface area contributed by atoms with Crippen LogP contribution in [0, 0.1) is 6.92 Å². The third-order valence-electron chi connectivity index (χ3n) is 4.49. The molecule has 3 amide bonds. The summed E-state index contributed by atoms with van der Waals surface area (Å²) in [6.07, 6.45) is -0.0187. The average Bonchev–Trinajstić information content (AvgIpc) is 3.05. The van der Waals surface area contributed by atoms with Crippen molar-refractivity contribution in [1.82, 2.24) is 4.31 Å². The van der Waals surface area contributed by atoms with E-state index in [4.69, 9.17) is 5.73 Å². The molecule has 146 valence electrons. The first-order chi connectivity index (χ1) is 13.2. The number of hydrogen-bond acceptors (Lipinski definition) is 5. The second-order valence-corrected chi connectivity index (χ2v) is 8.28. The van der Waals surface area contributed by atoms with Gasteiger partial charge in [-0.25, -0.2) is 12.7 Å². The molecule has 28 heavy (non-hydrogen) atoms. The number of nitrogens with one attached hydrogen (secondary N) is 1. The minimum Gasteiger partial charge on any atom is -0.366 e. The first-order valence-corrected chi connectivity index (χ1v) is 9.99. The number of anilines is 1. The number of aryl methyl sites for hydroxylation is 1. The summed E-state index contributed by atoms with van der Waals surface area (Å²) >= 11 is 0. The number of nitrogens with zero attached hydrogens (tertiary/aromatic N) is 1. The molecule has 3 rings (SSSR count). The smallest absolute Gasteiger partial charge is 0.267 e. The predicted octanol–water partition coefficient (Wildman–Crippen LogP) is 1.41. The maximum absolute atomic E-state index is 12.9. The lowest BCUT2D eigenvalue weighted by molar-refractivity contribution is -0.128. The van der Waals surface area contributed by atoms with Gasteiger partial charge in [0.25, 0.3) is 15.9 Å². The van der Waals surface area contributed by atoms with Gasteiger partial charge in [0.05, 0.1) is 16.1 Å². The first-order valence-electron chi connectivity index (χ1n) is 8.55. The van der Waals surface area contributed by atoms with Crippen LogP contribution in [0.4, 0.5) is 5.69 Å². The highest BCUT2D eigenvalue weighted by molar-refractivity contribution is 7.89. The van der Waals surface area contributed by atoms with Crippen molar-refractivity contribution in [1.29, 1.82) is 0 Å². The summed E-state index contributed by atoms with van der Waals surface area (Å²) in [5.74, 6) is -2.08. The second kappa shape index (κ2) is 7.43. The molecule has 1 aliphatic rings. The minimum atomic E-state index is -4.19. The van der Waals surface area contributed by atoms with Crippen molar-refractivity contribution in [2.24, 2.45) is 5.73 Å². The largest absolute Gasteiger partial charge is 0.366 e. The quantitative estimate of drug-likeness (QED) is 0.783. The van der Waals surface area contributed by atoms with Crippen LogP contribution in [0.5, 0.6) is 0 Å². The zero-order valence-corrected chi connectivity index (χ0v) is 15.9. The maximum atomic E-state index is 12.9. The number of carbonyl (C=O) groups excluding carboxylic acids is 3. The highest BCUT2D eigenvalue weighted by Gasteiger charge is 2.44. The Kier molecular flexibility index (Phi) is 5.19. The van der Waals surface area contributed by atoms with E-state index in [0.717, 1.165) is 5.56 Å². The molecule has 1 unspecified atom stereocenters. The third kappa shape index (κ3) is 3.61. The third-order valence-corrected chi connectivity index (χ3v) is 6.34. The molecular formula is C19H19N3O5S. The molecule has 0 spiro atoms. The molecule has 1 atom stereocenters. The Morgan fingerprint density at radius 2 is 1.75 bits per heavy atom. The molecule has 2 aromatic rings. The van der Waals surface area contributed by atoms with Crippen LogP contribution in [0.2, 0.25) is 0 Å². The fourth-order valence-corrected chi connectivity index (χ4v) is 4.65.